The van der Waals surface area contributed by atoms with Crippen LogP contribution >= 0.6 is 11.3 Å². The van der Waals surface area contributed by atoms with Crippen molar-refractivity contribution in [1.82, 2.24) is 19.4 Å². The maximum atomic E-state index is 13.1. The van der Waals surface area contributed by atoms with Gasteiger partial charge in [-0.1, -0.05) is 18.6 Å². The third-order valence-electron chi connectivity index (χ3n) is 5.42. The molecule has 0 radical (unpaired) electrons. The number of nitrogens with one attached hydrogen (secondary N) is 1. The Bertz CT molecular complexity index is 847. The first-order valence-corrected chi connectivity index (χ1v) is 12.2. The molecule has 0 aliphatic carbocycles. The Kier molecular flexibility index (Phi) is 6.98. The quantitative estimate of drug-likeness (QED) is 0.728. The van der Waals surface area contributed by atoms with E-state index < -0.39 is 10.0 Å². The van der Waals surface area contributed by atoms with Crippen LogP contribution in [0.5, 0.6) is 0 Å². The number of allylic oxidation sites excluding steroid dienone is 3. The van der Waals surface area contributed by atoms with Crippen LogP contribution in [-0.4, -0.2) is 82.4 Å². The number of sulfonamides is 1. The first-order chi connectivity index (χ1) is 13.3. The fourth-order valence-corrected chi connectivity index (χ4v) is 6.41. The van der Waals surface area contributed by atoms with E-state index in [1.54, 1.807) is 10.4 Å². The molecule has 0 saturated carbocycles. The van der Waals surface area contributed by atoms with Gasteiger partial charge in [0.25, 0.3) is 10.0 Å². The van der Waals surface area contributed by atoms with Gasteiger partial charge in [0.15, 0.2) is 0 Å². The summed E-state index contributed by atoms with van der Waals surface area (Å²) in [5.41, 5.74) is 3.56. The summed E-state index contributed by atoms with van der Waals surface area (Å²) in [4.78, 5) is 5.51. The summed E-state index contributed by atoms with van der Waals surface area (Å²) in [6, 6.07) is 3.71. The van der Waals surface area contributed by atoms with Gasteiger partial charge in [-0.3, -0.25) is 4.90 Å². The Morgan fingerprint density at radius 3 is 2.54 bits per heavy atom. The Morgan fingerprint density at radius 1 is 1.18 bits per heavy atom. The predicted molar refractivity (Wildman–Crippen MR) is 117 cm³/mol. The lowest BCUT2D eigenvalue weighted by Gasteiger charge is -2.34. The van der Waals surface area contributed by atoms with Crippen LogP contribution in [0.3, 0.4) is 0 Å². The number of piperazine rings is 1. The minimum atomic E-state index is -3.42. The third kappa shape index (κ3) is 4.86. The van der Waals surface area contributed by atoms with Gasteiger partial charge in [-0.05, 0) is 39.6 Å². The Hall–Kier alpha value is -1.19. The topological polar surface area (TPSA) is 55.9 Å². The van der Waals surface area contributed by atoms with E-state index in [0.29, 0.717) is 17.3 Å². The Balaban J connectivity index is 1.70. The molecule has 0 spiro atoms. The Morgan fingerprint density at radius 2 is 1.89 bits per heavy atom. The van der Waals surface area contributed by atoms with Gasteiger partial charge in [-0.2, -0.15) is 4.31 Å². The van der Waals surface area contributed by atoms with Crippen molar-refractivity contribution in [2.24, 2.45) is 0 Å². The van der Waals surface area contributed by atoms with E-state index in [4.69, 9.17) is 0 Å². The van der Waals surface area contributed by atoms with Crippen LogP contribution < -0.4 is 5.32 Å². The molecule has 0 atom stereocenters. The van der Waals surface area contributed by atoms with Crippen molar-refractivity contribution in [3.8, 4) is 0 Å². The summed E-state index contributed by atoms with van der Waals surface area (Å²) >= 11 is 1.38. The third-order valence-corrected chi connectivity index (χ3v) is 8.91. The summed E-state index contributed by atoms with van der Waals surface area (Å²) in [6.45, 7) is 9.77. The second-order valence-corrected chi connectivity index (χ2v) is 11.0. The van der Waals surface area contributed by atoms with Crippen molar-refractivity contribution >= 4 is 26.9 Å². The molecule has 0 amide bonds. The number of thiophene rings is 1. The van der Waals surface area contributed by atoms with Gasteiger partial charge in [0.2, 0.25) is 0 Å². The molecule has 6 nitrogen and oxygen atoms in total. The summed E-state index contributed by atoms with van der Waals surface area (Å²) in [6.07, 6.45) is 3.20. The standard InChI is InChI=1S/C20H32N4O2S2/c1-5-17-14-18(16(2)21-15-17)19-6-7-20(27-19)28(25,26)24-12-10-23(11-13-24)9-8-22(3)4/h6-7,14,21H,5,8-13,15H2,1-4H3. The smallest absolute Gasteiger partial charge is 0.252 e. The highest BCUT2D eigenvalue weighted by Crippen LogP contribution is 2.33. The van der Waals surface area contributed by atoms with E-state index in [-0.39, 0.29) is 0 Å². The first kappa shape index (κ1) is 21.5. The molecule has 28 heavy (non-hydrogen) atoms. The van der Waals surface area contributed by atoms with E-state index in [1.165, 1.54) is 16.9 Å². The molecular formula is C20H32N4O2S2. The molecule has 1 fully saturated rings. The molecule has 1 saturated heterocycles. The number of likely N-dealkylation sites (N-methyl/N-ethyl adjacent to an activating group) is 1. The van der Waals surface area contributed by atoms with E-state index in [1.807, 2.05) is 6.07 Å². The molecule has 8 heteroatoms. The van der Waals surface area contributed by atoms with Gasteiger partial charge in [0.05, 0.1) is 0 Å². The van der Waals surface area contributed by atoms with Gasteiger partial charge >= 0.3 is 0 Å². The van der Waals surface area contributed by atoms with Crippen LogP contribution in [0.2, 0.25) is 0 Å². The van der Waals surface area contributed by atoms with Crippen LogP contribution in [0, 0.1) is 0 Å². The summed E-state index contributed by atoms with van der Waals surface area (Å²) in [7, 11) is 0.704. The van der Waals surface area contributed by atoms with Crippen molar-refractivity contribution in [3.05, 3.63) is 34.4 Å². The van der Waals surface area contributed by atoms with Crippen molar-refractivity contribution < 1.29 is 8.42 Å². The zero-order chi connectivity index (χ0) is 20.3. The second-order valence-electron chi connectivity index (χ2n) is 7.72. The number of rotatable bonds is 7. The zero-order valence-corrected chi connectivity index (χ0v) is 19.0. The average Bonchev–Trinajstić information content (AvgIpc) is 3.18. The van der Waals surface area contributed by atoms with Gasteiger partial charge in [-0.15, -0.1) is 11.3 Å². The van der Waals surface area contributed by atoms with Gasteiger partial charge in [-0.25, -0.2) is 8.42 Å². The van der Waals surface area contributed by atoms with Crippen LogP contribution in [0.4, 0.5) is 0 Å². The van der Waals surface area contributed by atoms with Crippen molar-refractivity contribution in [3.63, 3.8) is 0 Å². The zero-order valence-electron chi connectivity index (χ0n) is 17.4. The number of dihydropyridines is 1. The second kappa shape index (κ2) is 9.09. The SMILES string of the molecule is CCC1=CC(c2ccc(S(=O)(=O)N3CCN(CCN(C)C)CC3)s2)=C(C)NC1. The largest absolute Gasteiger partial charge is 0.384 e. The number of nitrogens with zero attached hydrogens (tertiary/aromatic N) is 3. The Labute approximate surface area is 173 Å². The fraction of sp³-hybridized carbons (Fsp3) is 0.600. The highest BCUT2D eigenvalue weighted by molar-refractivity contribution is 7.91. The lowest BCUT2D eigenvalue weighted by Crippen LogP contribution is -2.49. The van der Waals surface area contributed by atoms with Crippen molar-refractivity contribution in [1.29, 1.82) is 0 Å². The minimum absolute atomic E-state index is 0.446. The van der Waals surface area contributed by atoms with Crippen LogP contribution in [0.1, 0.15) is 25.1 Å². The molecule has 1 aromatic heterocycles. The van der Waals surface area contributed by atoms with Crippen LogP contribution in [0.15, 0.2) is 33.7 Å². The van der Waals surface area contributed by atoms with Gasteiger partial charge in [0.1, 0.15) is 4.21 Å². The van der Waals surface area contributed by atoms with E-state index in [9.17, 15) is 8.42 Å². The van der Waals surface area contributed by atoms with E-state index in [0.717, 1.165) is 55.3 Å². The molecular weight excluding hydrogens is 392 g/mol. The van der Waals surface area contributed by atoms with Crippen LogP contribution in [0.25, 0.3) is 5.57 Å². The first-order valence-electron chi connectivity index (χ1n) is 9.93. The molecule has 0 bridgehead atoms. The van der Waals surface area contributed by atoms with Crippen LogP contribution in [-0.2, 0) is 10.0 Å². The molecule has 3 heterocycles. The van der Waals surface area contributed by atoms with Gasteiger partial charge < -0.3 is 10.2 Å². The van der Waals surface area contributed by atoms with E-state index >= 15 is 0 Å². The lowest BCUT2D eigenvalue weighted by atomic mass is 10.0. The molecule has 0 unspecified atom stereocenters. The molecule has 2 aliphatic rings. The summed E-state index contributed by atoms with van der Waals surface area (Å²) in [5, 5.41) is 3.42. The molecule has 1 N–H and O–H groups in total. The van der Waals surface area contributed by atoms with Gasteiger partial charge in [0, 0.05) is 62.0 Å². The number of hydrogen-bond acceptors (Lipinski definition) is 6. The predicted octanol–water partition coefficient (Wildman–Crippen LogP) is 2.29. The summed E-state index contributed by atoms with van der Waals surface area (Å²) < 4.78 is 28.3. The van der Waals surface area contributed by atoms with Crippen molar-refractivity contribution in [2.75, 3.05) is 59.9 Å². The molecule has 2 aliphatic heterocycles. The lowest BCUT2D eigenvalue weighted by molar-refractivity contribution is 0.175. The summed E-state index contributed by atoms with van der Waals surface area (Å²) in [5.74, 6) is 0. The molecule has 3 rings (SSSR count). The average molecular weight is 425 g/mol. The monoisotopic (exact) mass is 424 g/mol. The molecule has 156 valence electrons. The van der Waals surface area contributed by atoms with E-state index in [2.05, 4.69) is 49.1 Å². The molecule has 0 aromatic carbocycles. The molecule has 1 aromatic rings. The highest BCUT2D eigenvalue weighted by Gasteiger charge is 2.30. The minimum Gasteiger partial charge on any atom is -0.384 e. The normalized spacial score (nSPS) is 19.8. The fourth-order valence-electron chi connectivity index (χ4n) is 3.45. The maximum Gasteiger partial charge on any atom is 0.252 e. The maximum absolute atomic E-state index is 13.1. The number of hydrogen-bond donors (Lipinski definition) is 1. The highest BCUT2D eigenvalue weighted by atomic mass is 32.2. The van der Waals surface area contributed by atoms with Crippen molar-refractivity contribution in [2.45, 2.75) is 24.5 Å².